The molecule has 3 N–H and O–H groups in total. The van der Waals surface area contributed by atoms with Crippen molar-refractivity contribution in [3.63, 3.8) is 0 Å². The van der Waals surface area contributed by atoms with Gasteiger partial charge in [0.05, 0.1) is 17.8 Å². The van der Waals surface area contributed by atoms with E-state index in [1.54, 1.807) is 19.2 Å². The van der Waals surface area contributed by atoms with Gasteiger partial charge in [-0.3, -0.25) is 19.0 Å². The van der Waals surface area contributed by atoms with E-state index < -0.39 is 17.2 Å². The summed E-state index contributed by atoms with van der Waals surface area (Å²) in [6, 6.07) is 13.4. The van der Waals surface area contributed by atoms with Crippen molar-refractivity contribution >= 4 is 29.1 Å². The second-order valence-electron chi connectivity index (χ2n) is 11.9. The molecule has 2 aromatic heterocycles. The van der Waals surface area contributed by atoms with Gasteiger partial charge in [-0.25, -0.2) is 9.78 Å². The third kappa shape index (κ3) is 5.72. The van der Waals surface area contributed by atoms with Gasteiger partial charge in [0.1, 0.15) is 5.56 Å². The lowest BCUT2D eigenvalue weighted by molar-refractivity contribution is -0.119. The Hall–Kier alpha value is -4.74. The summed E-state index contributed by atoms with van der Waals surface area (Å²) in [5, 5.41) is 9.84. The van der Waals surface area contributed by atoms with Crippen LogP contribution in [-0.2, 0) is 25.3 Å². The molecular formula is C34H35ClN6O5. The minimum Gasteiger partial charge on any atom is -0.481 e. The molecule has 12 heteroatoms. The molecule has 0 saturated carbocycles. The number of hydrogen-bond acceptors (Lipinski definition) is 7. The van der Waals surface area contributed by atoms with Crippen LogP contribution in [0.5, 0.6) is 5.88 Å². The maximum Gasteiger partial charge on any atom is 0.330 e. The molecule has 4 aromatic rings. The van der Waals surface area contributed by atoms with Gasteiger partial charge in [-0.2, -0.15) is 0 Å². The highest BCUT2D eigenvalue weighted by atomic mass is 35.5. The van der Waals surface area contributed by atoms with E-state index in [0.717, 1.165) is 57.3 Å². The molecule has 2 aromatic carbocycles. The predicted octanol–water partition coefficient (Wildman–Crippen LogP) is 3.75. The molecule has 238 valence electrons. The summed E-state index contributed by atoms with van der Waals surface area (Å²) in [5.41, 5.74) is 5.11. The van der Waals surface area contributed by atoms with Gasteiger partial charge in [0.25, 0.3) is 11.5 Å². The predicted molar refractivity (Wildman–Crippen MR) is 176 cm³/mol. The number of rotatable bonds is 8. The zero-order valence-corrected chi connectivity index (χ0v) is 26.8. The number of carbonyl (C=O) groups is 2. The SMILES string of the molecule is COc1nc(-c2cccc(-c3cccc(NC(=O)c4cn(C)c(=O)n(C)c4=O)c3C)c2Cl)cc2c1[C@H](NC[C@@H]1CNC(=O)C1)CC2. The molecular weight excluding hydrogens is 608 g/mol. The minimum atomic E-state index is -0.674. The van der Waals surface area contributed by atoms with Crippen molar-refractivity contribution in [3.05, 3.63) is 96.8 Å². The Balaban J connectivity index is 1.29. The molecule has 0 bridgehead atoms. The molecule has 2 amide bonds. The lowest BCUT2D eigenvalue weighted by atomic mass is 9.96. The zero-order chi connectivity index (χ0) is 32.7. The first kappa shape index (κ1) is 31.3. The van der Waals surface area contributed by atoms with Crippen molar-refractivity contribution in [3.8, 4) is 28.3 Å². The lowest BCUT2D eigenvalue weighted by Crippen LogP contribution is -2.40. The molecule has 1 aliphatic heterocycles. The number of hydrogen-bond donors (Lipinski definition) is 3. The second-order valence-corrected chi connectivity index (χ2v) is 12.2. The van der Waals surface area contributed by atoms with Gasteiger partial charge < -0.3 is 25.3 Å². The van der Waals surface area contributed by atoms with E-state index in [9.17, 15) is 19.2 Å². The Bertz CT molecular complexity index is 2000. The number of fused-ring (bicyclic) bond motifs is 1. The number of anilines is 1. The third-order valence-electron chi connectivity index (χ3n) is 8.91. The molecule has 1 saturated heterocycles. The number of pyridine rings is 1. The standard InChI is InChI=1S/C34H35ClN6O5/c1-18-21(7-6-10-25(18)38-31(43)24-17-40(2)34(45)41(3)33(24)44)22-8-5-9-23(30(22)35)27-14-20-11-12-26(29(20)32(39-27)46-4)36-15-19-13-28(42)37-16-19/h5-10,14,17,19,26,36H,11-13,15-16H2,1-4H3,(H,37,42)(H,38,43)/t19-,26-/m1/s1. The molecule has 3 heterocycles. The largest absolute Gasteiger partial charge is 0.481 e. The average molecular weight is 643 g/mol. The molecule has 1 fully saturated rings. The van der Waals surface area contributed by atoms with Crippen LogP contribution < -0.4 is 31.9 Å². The van der Waals surface area contributed by atoms with Gasteiger partial charge in [0, 0.05) is 68.2 Å². The summed E-state index contributed by atoms with van der Waals surface area (Å²) >= 11 is 7.09. The van der Waals surface area contributed by atoms with Crippen molar-refractivity contribution in [1.29, 1.82) is 0 Å². The van der Waals surface area contributed by atoms with E-state index in [-0.39, 0.29) is 23.4 Å². The van der Waals surface area contributed by atoms with Crippen LogP contribution >= 0.6 is 11.6 Å². The summed E-state index contributed by atoms with van der Waals surface area (Å²) < 4.78 is 7.89. The fourth-order valence-electron chi connectivity index (χ4n) is 6.38. The van der Waals surface area contributed by atoms with E-state index in [0.29, 0.717) is 35.2 Å². The smallest absolute Gasteiger partial charge is 0.330 e. The van der Waals surface area contributed by atoms with Gasteiger partial charge in [0.2, 0.25) is 11.8 Å². The lowest BCUT2D eigenvalue weighted by Gasteiger charge is -2.19. The molecule has 0 spiro atoms. The number of carbonyl (C=O) groups excluding carboxylic acids is 2. The average Bonchev–Trinajstić information content (AvgIpc) is 3.66. The summed E-state index contributed by atoms with van der Waals surface area (Å²) in [6.07, 6.45) is 3.55. The van der Waals surface area contributed by atoms with Crippen LogP contribution in [0.4, 0.5) is 5.69 Å². The van der Waals surface area contributed by atoms with Gasteiger partial charge >= 0.3 is 5.69 Å². The van der Waals surface area contributed by atoms with Crippen molar-refractivity contribution in [1.82, 2.24) is 24.8 Å². The van der Waals surface area contributed by atoms with Gasteiger partial charge in [-0.15, -0.1) is 0 Å². The third-order valence-corrected chi connectivity index (χ3v) is 9.31. The summed E-state index contributed by atoms with van der Waals surface area (Å²) in [6.45, 7) is 3.30. The Morgan fingerprint density at radius 2 is 1.85 bits per heavy atom. The van der Waals surface area contributed by atoms with E-state index in [1.165, 1.54) is 24.9 Å². The molecule has 0 radical (unpaired) electrons. The highest BCUT2D eigenvalue weighted by molar-refractivity contribution is 6.36. The normalized spacial score (nSPS) is 17.1. The zero-order valence-electron chi connectivity index (χ0n) is 26.1. The maximum atomic E-state index is 13.1. The first-order chi connectivity index (χ1) is 22.1. The van der Waals surface area contributed by atoms with E-state index in [4.69, 9.17) is 21.3 Å². The Morgan fingerprint density at radius 1 is 1.11 bits per heavy atom. The van der Waals surface area contributed by atoms with Crippen LogP contribution in [0, 0.1) is 12.8 Å². The first-order valence-corrected chi connectivity index (χ1v) is 15.5. The number of aromatic nitrogens is 3. The minimum absolute atomic E-state index is 0.0885. The monoisotopic (exact) mass is 642 g/mol. The van der Waals surface area contributed by atoms with Crippen LogP contribution in [0.15, 0.2) is 58.3 Å². The summed E-state index contributed by atoms with van der Waals surface area (Å²) in [7, 11) is 4.44. The van der Waals surface area contributed by atoms with E-state index in [2.05, 4.69) is 22.0 Å². The maximum absolute atomic E-state index is 13.1. The van der Waals surface area contributed by atoms with Crippen molar-refractivity contribution in [2.75, 3.05) is 25.5 Å². The summed E-state index contributed by atoms with van der Waals surface area (Å²) in [4.78, 5) is 54.4. The van der Waals surface area contributed by atoms with Crippen molar-refractivity contribution in [2.24, 2.45) is 20.0 Å². The van der Waals surface area contributed by atoms with E-state index >= 15 is 0 Å². The number of benzene rings is 2. The highest BCUT2D eigenvalue weighted by Crippen LogP contribution is 2.43. The van der Waals surface area contributed by atoms with Crippen LogP contribution in [0.3, 0.4) is 0 Å². The van der Waals surface area contributed by atoms with Crippen molar-refractivity contribution in [2.45, 2.75) is 32.2 Å². The number of amides is 2. The fraction of sp³-hybridized carbons (Fsp3) is 0.324. The first-order valence-electron chi connectivity index (χ1n) is 15.1. The number of halogens is 1. The number of aryl methyl sites for hydroxylation is 2. The number of nitrogens with one attached hydrogen (secondary N) is 3. The topological polar surface area (TPSA) is 136 Å². The fourth-order valence-corrected chi connectivity index (χ4v) is 6.70. The van der Waals surface area contributed by atoms with Crippen LogP contribution in [0.25, 0.3) is 22.4 Å². The van der Waals surface area contributed by atoms with Crippen LogP contribution in [0.2, 0.25) is 5.02 Å². The van der Waals surface area contributed by atoms with Crippen LogP contribution in [-0.4, -0.2) is 46.1 Å². The molecule has 2 atom stereocenters. The van der Waals surface area contributed by atoms with Crippen LogP contribution in [0.1, 0.15) is 45.9 Å². The van der Waals surface area contributed by atoms with Crippen molar-refractivity contribution < 1.29 is 14.3 Å². The Labute approximate surface area is 270 Å². The number of ether oxygens (including phenoxy) is 1. The molecule has 6 rings (SSSR count). The molecule has 46 heavy (non-hydrogen) atoms. The van der Waals surface area contributed by atoms with Gasteiger partial charge in [-0.05, 0) is 54.5 Å². The van der Waals surface area contributed by atoms with Gasteiger partial charge in [-0.1, -0.05) is 41.9 Å². The molecule has 11 nitrogen and oxygen atoms in total. The quantitative estimate of drug-likeness (QED) is 0.266. The number of nitrogens with zero attached hydrogens (tertiary/aromatic N) is 3. The molecule has 1 aliphatic carbocycles. The summed E-state index contributed by atoms with van der Waals surface area (Å²) in [5.74, 6) is 0.302. The molecule has 0 unspecified atom stereocenters. The Morgan fingerprint density at radius 3 is 2.59 bits per heavy atom. The number of methoxy groups -OCH3 is 1. The van der Waals surface area contributed by atoms with Gasteiger partial charge in [0.15, 0.2) is 0 Å². The highest BCUT2D eigenvalue weighted by Gasteiger charge is 2.30. The van der Waals surface area contributed by atoms with E-state index in [1.807, 2.05) is 31.2 Å². The molecule has 2 aliphatic rings. The Kier molecular flexibility index (Phi) is 8.54. The second kappa shape index (κ2) is 12.6.